The summed E-state index contributed by atoms with van der Waals surface area (Å²) in [5.74, 6) is 0.698. The summed E-state index contributed by atoms with van der Waals surface area (Å²) >= 11 is 0. The van der Waals surface area contributed by atoms with Gasteiger partial charge in [-0.15, -0.1) is 0 Å². The van der Waals surface area contributed by atoms with Crippen molar-refractivity contribution in [3.63, 3.8) is 0 Å². The SMILES string of the molecule is C=Nc1ccc(OC(=O)c2ccc(C3CCC(OC)CC3)cc2)cc1. The summed E-state index contributed by atoms with van der Waals surface area (Å²) in [6.07, 6.45) is 4.85. The highest BCUT2D eigenvalue weighted by Gasteiger charge is 2.22. The van der Waals surface area contributed by atoms with Gasteiger partial charge in [0.2, 0.25) is 0 Å². The topological polar surface area (TPSA) is 47.9 Å². The Kier molecular flexibility index (Phi) is 5.61. The van der Waals surface area contributed by atoms with Gasteiger partial charge >= 0.3 is 5.97 Å². The molecule has 3 rings (SSSR count). The number of hydrogen-bond donors (Lipinski definition) is 0. The van der Waals surface area contributed by atoms with Crippen molar-refractivity contribution in [1.29, 1.82) is 0 Å². The van der Waals surface area contributed by atoms with Crippen LogP contribution in [0, 0.1) is 0 Å². The molecule has 0 N–H and O–H groups in total. The fraction of sp³-hybridized carbons (Fsp3) is 0.333. The van der Waals surface area contributed by atoms with Gasteiger partial charge in [-0.1, -0.05) is 12.1 Å². The first-order valence-electron chi connectivity index (χ1n) is 8.61. The molecule has 25 heavy (non-hydrogen) atoms. The summed E-state index contributed by atoms with van der Waals surface area (Å²) in [6, 6.07) is 14.7. The highest BCUT2D eigenvalue weighted by Crippen LogP contribution is 2.33. The van der Waals surface area contributed by atoms with Crippen molar-refractivity contribution in [3.05, 3.63) is 59.7 Å². The molecule has 2 aromatic carbocycles. The van der Waals surface area contributed by atoms with E-state index < -0.39 is 0 Å². The maximum absolute atomic E-state index is 12.3. The van der Waals surface area contributed by atoms with Crippen LogP contribution in [0.5, 0.6) is 5.75 Å². The van der Waals surface area contributed by atoms with Crippen molar-refractivity contribution in [1.82, 2.24) is 0 Å². The number of carbonyl (C=O) groups is 1. The predicted octanol–water partition coefficient (Wildman–Crippen LogP) is 4.91. The largest absolute Gasteiger partial charge is 0.423 e. The minimum Gasteiger partial charge on any atom is -0.423 e. The van der Waals surface area contributed by atoms with Crippen molar-refractivity contribution in [2.45, 2.75) is 37.7 Å². The van der Waals surface area contributed by atoms with Gasteiger partial charge in [0.15, 0.2) is 0 Å². The Morgan fingerprint density at radius 1 is 1.00 bits per heavy atom. The first-order chi connectivity index (χ1) is 12.2. The third-order valence-electron chi connectivity index (χ3n) is 4.86. The smallest absolute Gasteiger partial charge is 0.343 e. The van der Waals surface area contributed by atoms with E-state index in [0.717, 1.165) is 31.4 Å². The normalized spacial score (nSPS) is 20.0. The molecule has 130 valence electrons. The van der Waals surface area contributed by atoms with Crippen molar-refractivity contribution < 1.29 is 14.3 Å². The molecule has 1 aliphatic carbocycles. The van der Waals surface area contributed by atoms with Crippen LogP contribution in [-0.4, -0.2) is 25.9 Å². The first-order valence-corrected chi connectivity index (χ1v) is 8.61. The fourth-order valence-electron chi connectivity index (χ4n) is 3.31. The molecule has 1 fully saturated rings. The Morgan fingerprint density at radius 2 is 1.64 bits per heavy atom. The molecule has 1 aliphatic rings. The van der Waals surface area contributed by atoms with Gasteiger partial charge in [0, 0.05) is 7.11 Å². The predicted molar refractivity (Wildman–Crippen MR) is 99.1 cm³/mol. The van der Waals surface area contributed by atoms with Gasteiger partial charge in [0.1, 0.15) is 5.75 Å². The Balaban J connectivity index is 1.61. The zero-order valence-electron chi connectivity index (χ0n) is 14.5. The number of esters is 1. The maximum atomic E-state index is 12.3. The van der Waals surface area contributed by atoms with E-state index in [0.29, 0.717) is 23.3 Å². The second kappa shape index (κ2) is 8.08. The Hall–Kier alpha value is -2.46. The van der Waals surface area contributed by atoms with Crippen molar-refractivity contribution in [3.8, 4) is 5.75 Å². The third-order valence-corrected chi connectivity index (χ3v) is 4.86. The fourth-order valence-corrected chi connectivity index (χ4v) is 3.31. The summed E-state index contributed by atoms with van der Waals surface area (Å²) in [4.78, 5) is 16.1. The molecule has 0 aromatic heterocycles. The molecule has 1 saturated carbocycles. The molecule has 0 atom stereocenters. The van der Waals surface area contributed by atoms with E-state index in [2.05, 4.69) is 11.7 Å². The molecule has 0 radical (unpaired) electrons. The van der Waals surface area contributed by atoms with E-state index in [-0.39, 0.29) is 5.97 Å². The average molecular weight is 337 g/mol. The summed E-state index contributed by atoms with van der Waals surface area (Å²) in [5.41, 5.74) is 2.58. The van der Waals surface area contributed by atoms with Crippen molar-refractivity contribution in [2.24, 2.45) is 4.99 Å². The minimum atomic E-state index is -0.353. The Morgan fingerprint density at radius 3 is 2.20 bits per heavy atom. The highest BCUT2D eigenvalue weighted by atomic mass is 16.5. The van der Waals surface area contributed by atoms with Crippen LogP contribution in [0.15, 0.2) is 53.5 Å². The number of hydrogen-bond acceptors (Lipinski definition) is 4. The number of ether oxygens (including phenoxy) is 2. The van der Waals surface area contributed by atoms with Gasteiger partial charge in [0.25, 0.3) is 0 Å². The van der Waals surface area contributed by atoms with Gasteiger partial charge in [0.05, 0.1) is 17.4 Å². The van der Waals surface area contributed by atoms with E-state index in [1.165, 1.54) is 5.56 Å². The lowest BCUT2D eigenvalue weighted by atomic mass is 9.82. The summed E-state index contributed by atoms with van der Waals surface area (Å²) in [5, 5.41) is 0. The first kappa shape index (κ1) is 17.4. The zero-order chi connectivity index (χ0) is 17.6. The molecular formula is C21H23NO3. The zero-order valence-corrected chi connectivity index (χ0v) is 14.5. The molecule has 2 aromatic rings. The molecule has 0 bridgehead atoms. The van der Waals surface area contributed by atoms with Crippen molar-refractivity contribution >= 4 is 18.4 Å². The molecule has 0 unspecified atom stereocenters. The highest BCUT2D eigenvalue weighted by molar-refractivity contribution is 5.91. The average Bonchev–Trinajstić information content (AvgIpc) is 2.69. The molecule has 0 spiro atoms. The number of nitrogens with zero attached hydrogens (tertiary/aromatic N) is 1. The second-order valence-electron chi connectivity index (χ2n) is 6.37. The van der Waals surface area contributed by atoms with E-state index in [1.54, 1.807) is 31.4 Å². The molecule has 0 aliphatic heterocycles. The molecule has 0 amide bonds. The minimum absolute atomic E-state index is 0.353. The summed E-state index contributed by atoms with van der Waals surface area (Å²) in [6.45, 7) is 3.46. The number of carbonyl (C=O) groups excluding carboxylic acids is 1. The van der Waals surface area contributed by atoms with E-state index in [1.807, 2.05) is 24.3 Å². The molecular weight excluding hydrogens is 314 g/mol. The number of benzene rings is 2. The van der Waals surface area contributed by atoms with Crippen LogP contribution in [-0.2, 0) is 4.74 Å². The van der Waals surface area contributed by atoms with E-state index in [9.17, 15) is 4.79 Å². The number of methoxy groups -OCH3 is 1. The summed E-state index contributed by atoms with van der Waals surface area (Å²) < 4.78 is 10.8. The van der Waals surface area contributed by atoms with Crippen LogP contribution >= 0.6 is 0 Å². The van der Waals surface area contributed by atoms with E-state index >= 15 is 0 Å². The van der Waals surface area contributed by atoms with Crippen molar-refractivity contribution in [2.75, 3.05) is 7.11 Å². The van der Waals surface area contributed by atoms with Gasteiger partial charge in [-0.2, -0.15) is 0 Å². The van der Waals surface area contributed by atoms with Gasteiger partial charge in [-0.3, -0.25) is 4.99 Å². The number of rotatable bonds is 5. The van der Waals surface area contributed by atoms with Crippen LogP contribution in [0.2, 0.25) is 0 Å². The second-order valence-corrected chi connectivity index (χ2v) is 6.37. The standard InChI is InChI=1S/C21H23NO3/c1-22-18-9-13-20(14-10-18)25-21(23)17-5-3-15(4-6-17)16-7-11-19(24-2)12-8-16/h3-6,9-10,13-14,16,19H,1,7-8,11-12H2,2H3. The Bertz CT molecular complexity index is 714. The Labute approximate surface area is 148 Å². The van der Waals surface area contributed by atoms with Gasteiger partial charge in [-0.05, 0) is 80.3 Å². The van der Waals surface area contributed by atoms with E-state index in [4.69, 9.17) is 9.47 Å². The van der Waals surface area contributed by atoms with Crippen LogP contribution in [0.1, 0.15) is 47.5 Å². The lowest BCUT2D eigenvalue weighted by Gasteiger charge is -2.27. The van der Waals surface area contributed by atoms with Crippen LogP contribution in [0.3, 0.4) is 0 Å². The molecule has 0 heterocycles. The van der Waals surface area contributed by atoms with Crippen LogP contribution in [0.4, 0.5) is 5.69 Å². The lowest BCUT2D eigenvalue weighted by Crippen LogP contribution is -2.19. The summed E-state index contributed by atoms with van der Waals surface area (Å²) in [7, 11) is 1.78. The molecule has 4 nitrogen and oxygen atoms in total. The lowest BCUT2D eigenvalue weighted by molar-refractivity contribution is 0.0659. The number of aliphatic imine (C=N–C) groups is 1. The van der Waals surface area contributed by atoms with Crippen LogP contribution in [0.25, 0.3) is 0 Å². The quantitative estimate of drug-likeness (QED) is 0.442. The monoisotopic (exact) mass is 337 g/mol. The van der Waals surface area contributed by atoms with Crippen LogP contribution < -0.4 is 4.74 Å². The van der Waals surface area contributed by atoms with Gasteiger partial charge < -0.3 is 9.47 Å². The molecule has 4 heteroatoms. The molecule has 0 saturated heterocycles. The maximum Gasteiger partial charge on any atom is 0.343 e. The van der Waals surface area contributed by atoms with Gasteiger partial charge in [-0.25, -0.2) is 4.79 Å². The third kappa shape index (κ3) is 4.34.